The topological polar surface area (TPSA) is 0 Å². The Hall–Kier alpha value is 0.868. The minimum absolute atomic E-state index is 0.918. The predicted molar refractivity (Wildman–Crippen MR) is 124 cm³/mol. The van der Waals surface area contributed by atoms with E-state index in [-0.39, 0.29) is 0 Å². The van der Waals surface area contributed by atoms with E-state index in [1.807, 2.05) is 0 Å². The molecule has 1 unspecified atom stereocenters. The van der Waals surface area contributed by atoms with Crippen LogP contribution >= 0.6 is 0 Å². The molecule has 0 radical (unpaired) electrons. The molecule has 0 aliphatic rings. The van der Waals surface area contributed by atoms with Crippen LogP contribution in [-0.2, 0) is 0 Å². The fourth-order valence-electron chi connectivity index (χ4n) is 3.42. The van der Waals surface area contributed by atoms with E-state index in [9.17, 15) is 0 Å². The summed E-state index contributed by atoms with van der Waals surface area (Å²) in [5, 5.41) is 0. The molecule has 0 aliphatic carbocycles. The summed E-state index contributed by atoms with van der Waals surface area (Å²) in [6, 6.07) is 9.69. The van der Waals surface area contributed by atoms with E-state index in [0.717, 1.165) is 5.54 Å². The van der Waals surface area contributed by atoms with Gasteiger partial charge < -0.3 is 0 Å². The van der Waals surface area contributed by atoms with Gasteiger partial charge in [-0.25, -0.2) is 0 Å². The van der Waals surface area contributed by atoms with Crippen LogP contribution in [0.2, 0.25) is 101 Å². The lowest BCUT2D eigenvalue weighted by Crippen LogP contribution is -2.43. The summed E-state index contributed by atoms with van der Waals surface area (Å²) in [5.74, 6) is 0. The van der Waals surface area contributed by atoms with Crippen molar-refractivity contribution < 1.29 is 0 Å². The maximum Gasteiger partial charge on any atom is 0.0555 e. The van der Waals surface area contributed by atoms with Crippen molar-refractivity contribution in [1.82, 2.24) is 0 Å². The second-order valence-corrected chi connectivity index (χ2v) is 33.9. The van der Waals surface area contributed by atoms with Crippen LogP contribution in [0.4, 0.5) is 0 Å². The van der Waals surface area contributed by atoms with Gasteiger partial charge in [-0.3, -0.25) is 0 Å². The third-order valence-electron chi connectivity index (χ3n) is 5.78. The zero-order valence-corrected chi connectivity index (χ0v) is 22.5. The number of hydrogen-bond acceptors (Lipinski definition) is 0. The summed E-state index contributed by atoms with van der Waals surface area (Å²) >= 11 is 0. The minimum Gasteiger partial charge on any atom is -0.0696 e. The summed E-state index contributed by atoms with van der Waals surface area (Å²) in [6.07, 6.45) is 1.43. The Balaban J connectivity index is 5.34. The molecule has 0 aliphatic heterocycles. The van der Waals surface area contributed by atoms with Crippen LogP contribution in [-0.4, -0.2) is 32.3 Å². The van der Waals surface area contributed by atoms with E-state index >= 15 is 0 Å². The van der Waals surface area contributed by atoms with Crippen molar-refractivity contribution >= 4 is 32.3 Å². The average molecular weight is 389 g/mol. The van der Waals surface area contributed by atoms with Gasteiger partial charge in [0.05, 0.1) is 8.07 Å². The van der Waals surface area contributed by atoms with Gasteiger partial charge in [-0.15, -0.1) is 0 Å². The normalized spacial score (nSPS) is 15.8. The zero-order valence-electron chi connectivity index (χ0n) is 18.5. The van der Waals surface area contributed by atoms with Crippen molar-refractivity contribution in [2.45, 2.75) is 121 Å². The Morgan fingerprint density at radius 2 is 0.783 bits per heavy atom. The summed E-state index contributed by atoms with van der Waals surface area (Å²) in [7, 11) is -3.88. The highest BCUT2D eigenvalue weighted by Crippen LogP contribution is 2.42. The predicted octanol–water partition coefficient (Wildman–Crippen LogP) is 8.25. The third kappa shape index (κ3) is 11.2. The molecule has 0 aromatic heterocycles. The molecule has 0 nitrogen and oxygen atoms in total. The highest BCUT2D eigenvalue weighted by atomic mass is 28.3. The van der Waals surface area contributed by atoms with E-state index in [2.05, 4.69) is 72.8 Å². The van der Waals surface area contributed by atoms with Gasteiger partial charge in [0.2, 0.25) is 0 Å². The molecule has 0 bridgehead atoms. The molecule has 0 spiro atoms. The maximum absolute atomic E-state index is 2.63. The van der Waals surface area contributed by atoms with E-state index in [0.29, 0.717) is 0 Å². The quantitative estimate of drug-likeness (QED) is 0.312. The van der Waals surface area contributed by atoms with Crippen LogP contribution in [0.3, 0.4) is 0 Å². The molecule has 4 heteroatoms. The fourth-order valence-corrected chi connectivity index (χ4v) is 21.5. The van der Waals surface area contributed by atoms with Gasteiger partial charge in [0.15, 0.2) is 0 Å². The van der Waals surface area contributed by atoms with Crippen LogP contribution in [0, 0.1) is 0 Å². The van der Waals surface area contributed by atoms with Crippen LogP contribution in [0.1, 0.15) is 20.3 Å². The Morgan fingerprint density at radius 1 is 0.522 bits per heavy atom. The smallest absolute Gasteiger partial charge is 0.0555 e. The van der Waals surface area contributed by atoms with Gasteiger partial charge in [0.1, 0.15) is 0 Å². The molecule has 0 amide bonds. The van der Waals surface area contributed by atoms with Crippen LogP contribution in [0.25, 0.3) is 0 Å². The summed E-state index contributed by atoms with van der Waals surface area (Å²) < 4.78 is 0. The van der Waals surface area contributed by atoms with E-state index in [1.165, 1.54) is 6.42 Å². The molecule has 0 fully saturated rings. The maximum atomic E-state index is 2.63. The first kappa shape index (κ1) is 23.9. The first-order valence-corrected chi connectivity index (χ1v) is 23.9. The fraction of sp³-hybridized carbons (Fsp3) is 1.00. The van der Waals surface area contributed by atoms with Crippen molar-refractivity contribution in [2.75, 3.05) is 0 Å². The van der Waals surface area contributed by atoms with Crippen molar-refractivity contribution in [3.63, 3.8) is 0 Å². The first-order chi connectivity index (χ1) is 10.1. The molecule has 0 heterocycles. The Labute approximate surface area is 153 Å². The molecule has 0 saturated carbocycles. The van der Waals surface area contributed by atoms with Gasteiger partial charge in [-0.05, 0) is 5.54 Å². The summed E-state index contributed by atoms with van der Waals surface area (Å²) in [4.78, 5) is 0. The van der Waals surface area contributed by atoms with Gasteiger partial charge in [-0.1, -0.05) is 115 Å². The second kappa shape index (κ2) is 8.99. The monoisotopic (exact) mass is 388 g/mol. The lowest BCUT2D eigenvalue weighted by atomic mass is 10.4. The van der Waals surface area contributed by atoms with Crippen LogP contribution in [0.15, 0.2) is 0 Å². The molecule has 0 aromatic carbocycles. The van der Waals surface area contributed by atoms with Crippen molar-refractivity contribution in [3.05, 3.63) is 0 Å². The molecule has 1 atom stereocenters. The Bertz CT molecular complexity index is 285. The van der Waals surface area contributed by atoms with Gasteiger partial charge in [-0.2, -0.15) is 0 Å². The number of rotatable bonds is 11. The molecular weight excluding hydrogens is 341 g/mol. The summed E-state index contributed by atoms with van der Waals surface area (Å²) in [5.41, 5.74) is 1.03. The van der Waals surface area contributed by atoms with Crippen molar-refractivity contribution in [3.8, 4) is 0 Å². The van der Waals surface area contributed by atoms with Crippen molar-refractivity contribution in [1.29, 1.82) is 0 Å². The average Bonchev–Trinajstić information content (AvgIpc) is 2.34. The van der Waals surface area contributed by atoms with Gasteiger partial charge in [0.25, 0.3) is 0 Å². The molecule has 0 aromatic rings. The molecule has 0 rings (SSSR count). The highest BCUT2D eigenvalue weighted by molar-refractivity contribution is 6.88. The molecule has 0 N–H and O–H groups in total. The SMILES string of the molecule is CCC(C)[Si](CC[Si](C)(C)C)(CC[Si](C)(C)C)CC[Si](C)(C)C. The molecule has 23 heavy (non-hydrogen) atoms. The molecule has 140 valence electrons. The van der Waals surface area contributed by atoms with Gasteiger partial charge in [0, 0.05) is 24.2 Å². The number of hydrogen-bond donors (Lipinski definition) is 0. The van der Waals surface area contributed by atoms with Gasteiger partial charge >= 0.3 is 0 Å². The van der Waals surface area contributed by atoms with Crippen molar-refractivity contribution in [2.24, 2.45) is 0 Å². The van der Waals surface area contributed by atoms with E-state index < -0.39 is 32.3 Å². The first-order valence-electron chi connectivity index (χ1n) is 10.1. The molecule has 0 saturated heterocycles. The minimum atomic E-state index is -1.12. The van der Waals surface area contributed by atoms with Crippen LogP contribution < -0.4 is 0 Å². The molecular formula is C19H48Si4. The lowest BCUT2D eigenvalue weighted by Gasteiger charge is -2.41. The lowest BCUT2D eigenvalue weighted by molar-refractivity contribution is 0.809. The highest BCUT2D eigenvalue weighted by Gasteiger charge is 2.39. The zero-order chi connectivity index (χ0) is 18.5. The largest absolute Gasteiger partial charge is 0.0696 e. The van der Waals surface area contributed by atoms with Crippen LogP contribution in [0.5, 0.6) is 0 Å². The second-order valence-electron chi connectivity index (χ2n) is 11.9. The summed E-state index contributed by atoms with van der Waals surface area (Å²) in [6.45, 7) is 28.3. The van der Waals surface area contributed by atoms with E-state index in [4.69, 9.17) is 0 Å². The Kier molecular flexibility index (Phi) is 9.33. The van der Waals surface area contributed by atoms with E-state index in [1.54, 1.807) is 36.3 Å². The standard InChI is InChI=1S/C19H48Si4/c1-12-19(2)23(16-13-20(3,4)5,17-14-21(6,7)8)18-15-22(9,10)11/h19H,12-18H2,1-11H3. The third-order valence-corrected chi connectivity index (χ3v) is 18.8. The Morgan fingerprint density at radius 3 is 0.957 bits per heavy atom.